The lowest BCUT2D eigenvalue weighted by Gasteiger charge is -2.04. The lowest BCUT2D eigenvalue weighted by atomic mass is 10.1. The lowest BCUT2D eigenvalue weighted by Crippen LogP contribution is -2.22. The maximum Gasteiger partial charge on any atom is 0.220 e. The van der Waals surface area contributed by atoms with Gasteiger partial charge in [-0.05, 0) is 40.9 Å². The topological polar surface area (TPSA) is 29.1 Å². The quantitative estimate of drug-likeness (QED) is 0.875. The van der Waals surface area contributed by atoms with E-state index in [1.54, 1.807) is 11.3 Å². The zero-order chi connectivity index (χ0) is 13.7. The molecule has 19 heavy (non-hydrogen) atoms. The van der Waals surface area contributed by atoms with Crippen LogP contribution >= 0.6 is 27.3 Å². The molecule has 0 atom stereocenters. The van der Waals surface area contributed by atoms with Crippen molar-refractivity contribution in [3.05, 3.63) is 56.2 Å². The van der Waals surface area contributed by atoms with Crippen LogP contribution < -0.4 is 5.32 Å². The summed E-state index contributed by atoms with van der Waals surface area (Å²) in [4.78, 5) is 12.9. The predicted molar refractivity (Wildman–Crippen MR) is 83.4 cm³/mol. The summed E-state index contributed by atoms with van der Waals surface area (Å²) in [5.74, 6) is 0.103. The van der Waals surface area contributed by atoms with Crippen LogP contribution in [-0.4, -0.2) is 5.91 Å². The van der Waals surface area contributed by atoms with Gasteiger partial charge in [-0.15, -0.1) is 11.3 Å². The fraction of sp³-hybridized carbons (Fsp3) is 0.267. The van der Waals surface area contributed by atoms with Gasteiger partial charge >= 0.3 is 0 Å². The first kappa shape index (κ1) is 14.3. The molecule has 0 radical (unpaired) electrons. The molecule has 1 amide bonds. The summed E-state index contributed by atoms with van der Waals surface area (Å²) in [6.07, 6.45) is 1.33. The van der Waals surface area contributed by atoms with Gasteiger partial charge in [0.1, 0.15) is 0 Å². The Labute approximate surface area is 126 Å². The third-order valence-corrected chi connectivity index (χ3v) is 4.50. The van der Waals surface area contributed by atoms with Crippen LogP contribution in [0.2, 0.25) is 0 Å². The molecule has 0 aliphatic rings. The summed E-state index contributed by atoms with van der Waals surface area (Å²) in [5, 5.41) is 4.97. The van der Waals surface area contributed by atoms with Crippen molar-refractivity contribution in [3.63, 3.8) is 0 Å². The Morgan fingerprint density at radius 2 is 2.21 bits per heavy atom. The molecule has 4 heteroatoms. The normalized spacial score (nSPS) is 10.4. The number of benzene rings is 1. The van der Waals surface area contributed by atoms with Gasteiger partial charge in [0, 0.05) is 21.2 Å². The van der Waals surface area contributed by atoms with Gasteiger partial charge in [-0.25, -0.2) is 0 Å². The molecule has 1 aromatic heterocycles. The molecular formula is C15H16BrNOS. The first-order valence-corrected chi connectivity index (χ1v) is 7.86. The smallest absolute Gasteiger partial charge is 0.220 e. The molecule has 2 rings (SSSR count). The van der Waals surface area contributed by atoms with E-state index in [2.05, 4.69) is 46.4 Å². The van der Waals surface area contributed by atoms with Crippen molar-refractivity contribution in [2.45, 2.75) is 26.3 Å². The number of aryl methyl sites for hydroxylation is 2. The Hall–Kier alpha value is -1.13. The van der Waals surface area contributed by atoms with E-state index < -0.39 is 0 Å². The van der Waals surface area contributed by atoms with Crippen molar-refractivity contribution in [1.29, 1.82) is 0 Å². The van der Waals surface area contributed by atoms with E-state index in [4.69, 9.17) is 0 Å². The second-order valence-electron chi connectivity index (χ2n) is 4.50. The molecule has 2 nitrogen and oxygen atoms in total. The molecule has 2 aromatic rings. The van der Waals surface area contributed by atoms with Crippen LogP contribution in [0.3, 0.4) is 0 Å². The molecule has 0 fully saturated rings. The lowest BCUT2D eigenvalue weighted by molar-refractivity contribution is -0.121. The van der Waals surface area contributed by atoms with Gasteiger partial charge in [-0.3, -0.25) is 4.79 Å². The number of halogens is 1. The van der Waals surface area contributed by atoms with Gasteiger partial charge in [-0.2, -0.15) is 0 Å². The number of carbonyl (C=O) groups is 1. The zero-order valence-electron chi connectivity index (χ0n) is 10.8. The number of carbonyl (C=O) groups excluding carboxylic acids is 1. The maximum absolute atomic E-state index is 11.8. The molecule has 1 heterocycles. The summed E-state index contributed by atoms with van der Waals surface area (Å²) < 4.78 is 1.07. The minimum absolute atomic E-state index is 0.103. The Morgan fingerprint density at radius 1 is 1.37 bits per heavy atom. The molecule has 0 saturated heterocycles. The average molecular weight is 338 g/mol. The summed E-state index contributed by atoms with van der Waals surface area (Å²) in [7, 11) is 0. The Balaban J connectivity index is 1.75. The van der Waals surface area contributed by atoms with E-state index in [1.165, 1.54) is 11.1 Å². The van der Waals surface area contributed by atoms with E-state index in [0.29, 0.717) is 13.0 Å². The number of amides is 1. The van der Waals surface area contributed by atoms with Crippen molar-refractivity contribution in [1.82, 2.24) is 5.32 Å². The van der Waals surface area contributed by atoms with E-state index in [9.17, 15) is 4.79 Å². The highest BCUT2D eigenvalue weighted by Crippen LogP contribution is 2.19. The van der Waals surface area contributed by atoms with Crippen LogP contribution in [-0.2, 0) is 17.8 Å². The van der Waals surface area contributed by atoms with Crippen LogP contribution in [0.25, 0.3) is 0 Å². The fourth-order valence-corrected chi connectivity index (χ4v) is 3.24. The van der Waals surface area contributed by atoms with Gasteiger partial charge < -0.3 is 5.32 Å². The molecule has 100 valence electrons. The second-order valence-corrected chi connectivity index (χ2v) is 6.41. The fourth-order valence-electron chi connectivity index (χ4n) is 1.85. The van der Waals surface area contributed by atoms with Gasteiger partial charge in [0.15, 0.2) is 0 Å². The van der Waals surface area contributed by atoms with Gasteiger partial charge in [-0.1, -0.05) is 29.8 Å². The molecule has 0 spiro atoms. The minimum atomic E-state index is 0.103. The van der Waals surface area contributed by atoms with E-state index in [-0.39, 0.29) is 5.91 Å². The maximum atomic E-state index is 11.8. The van der Waals surface area contributed by atoms with Crippen LogP contribution in [0.1, 0.15) is 22.4 Å². The third-order valence-electron chi connectivity index (χ3n) is 2.80. The average Bonchev–Trinajstić information content (AvgIpc) is 2.80. The summed E-state index contributed by atoms with van der Waals surface area (Å²) in [6.45, 7) is 2.68. The second kappa shape index (κ2) is 6.87. The summed E-state index contributed by atoms with van der Waals surface area (Å²) in [5.41, 5.74) is 2.45. The predicted octanol–water partition coefficient (Wildman–Crippen LogP) is 4.07. The van der Waals surface area contributed by atoms with Crippen LogP contribution in [0.4, 0.5) is 0 Å². The zero-order valence-corrected chi connectivity index (χ0v) is 13.2. The largest absolute Gasteiger partial charge is 0.351 e. The number of hydrogen-bond acceptors (Lipinski definition) is 2. The van der Waals surface area contributed by atoms with Crippen LogP contribution in [0.5, 0.6) is 0 Å². The Bertz CT molecular complexity index is 565. The van der Waals surface area contributed by atoms with Crippen LogP contribution in [0.15, 0.2) is 40.2 Å². The third kappa shape index (κ3) is 4.80. The Morgan fingerprint density at radius 3 is 2.89 bits per heavy atom. The molecular weight excluding hydrogens is 322 g/mol. The number of rotatable bonds is 5. The van der Waals surface area contributed by atoms with E-state index in [0.717, 1.165) is 15.8 Å². The SMILES string of the molecule is Cc1cccc(CCC(=O)NCc2cc(Br)cs2)c1. The van der Waals surface area contributed by atoms with Crippen molar-refractivity contribution < 1.29 is 4.79 Å². The van der Waals surface area contributed by atoms with Crippen molar-refractivity contribution in [3.8, 4) is 0 Å². The highest BCUT2D eigenvalue weighted by atomic mass is 79.9. The molecule has 0 saturated carbocycles. The van der Waals surface area contributed by atoms with Crippen molar-refractivity contribution in [2.75, 3.05) is 0 Å². The van der Waals surface area contributed by atoms with Crippen molar-refractivity contribution in [2.24, 2.45) is 0 Å². The van der Waals surface area contributed by atoms with Gasteiger partial charge in [0.05, 0.1) is 6.54 Å². The Kier molecular flexibility index (Phi) is 5.16. The van der Waals surface area contributed by atoms with E-state index >= 15 is 0 Å². The minimum Gasteiger partial charge on any atom is -0.351 e. The van der Waals surface area contributed by atoms with Gasteiger partial charge in [0.2, 0.25) is 5.91 Å². The van der Waals surface area contributed by atoms with Gasteiger partial charge in [0.25, 0.3) is 0 Å². The monoisotopic (exact) mass is 337 g/mol. The molecule has 1 aromatic carbocycles. The summed E-state index contributed by atoms with van der Waals surface area (Å²) >= 11 is 5.05. The first-order chi connectivity index (χ1) is 9.13. The highest BCUT2D eigenvalue weighted by Gasteiger charge is 2.04. The molecule has 0 bridgehead atoms. The van der Waals surface area contributed by atoms with E-state index in [1.807, 2.05) is 17.5 Å². The number of hydrogen-bond donors (Lipinski definition) is 1. The molecule has 0 aliphatic carbocycles. The van der Waals surface area contributed by atoms with Crippen LogP contribution in [0, 0.1) is 6.92 Å². The number of thiophene rings is 1. The highest BCUT2D eigenvalue weighted by molar-refractivity contribution is 9.10. The standard InChI is InChI=1S/C15H16BrNOS/c1-11-3-2-4-12(7-11)5-6-15(18)17-9-14-8-13(16)10-19-14/h2-4,7-8,10H,5-6,9H2,1H3,(H,17,18). The first-order valence-electron chi connectivity index (χ1n) is 6.18. The van der Waals surface area contributed by atoms with Crippen molar-refractivity contribution >= 4 is 33.2 Å². The molecule has 1 N–H and O–H groups in total. The molecule has 0 aliphatic heterocycles. The number of nitrogens with one attached hydrogen (secondary N) is 1. The summed E-state index contributed by atoms with van der Waals surface area (Å²) in [6, 6.07) is 10.3. The molecule has 0 unspecified atom stereocenters.